The van der Waals surface area contributed by atoms with Crippen molar-refractivity contribution in [1.29, 1.82) is 0 Å². The van der Waals surface area contributed by atoms with E-state index in [0.717, 1.165) is 10.6 Å². The number of carbonyl (C=O) groups is 1. The summed E-state index contributed by atoms with van der Waals surface area (Å²) in [4.78, 5) is 16.1. The van der Waals surface area contributed by atoms with E-state index >= 15 is 0 Å². The lowest BCUT2D eigenvalue weighted by Crippen LogP contribution is -2.23. The molecule has 0 aliphatic carbocycles. The van der Waals surface area contributed by atoms with Crippen molar-refractivity contribution in [1.82, 2.24) is 10.3 Å². The Morgan fingerprint density at radius 2 is 2.35 bits per heavy atom. The summed E-state index contributed by atoms with van der Waals surface area (Å²) >= 11 is 7.47. The number of carbonyl (C=O) groups excluding carboxylic acids is 1. The zero-order valence-electron chi connectivity index (χ0n) is 10.9. The van der Waals surface area contributed by atoms with Crippen LogP contribution in [0.25, 0.3) is 0 Å². The average molecular weight is 312 g/mol. The van der Waals surface area contributed by atoms with Gasteiger partial charge in [-0.05, 0) is 12.1 Å². The van der Waals surface area contributed by atoms with Gasteiger partial charge in [0.2, 0.25) is 0 Å². The number of nitrogens with zero attached hydrogens (tertiary/aromatic N) is 1. The number of nitrogens with two attached hydrogens (primary N) is 1. The fourth-order valence-corrected chi connectivity index (χ4v) is 2.56. The molecule has 1 aromatic heterocycles. The van der Waals surface area contributed by atoms with Gasteiger partial charge in [0, 0.05) is 29.1 Å². The highest BCUT2D eigenvalue weighted by Gasteiger charge is 2.13. The molecule has 1 amide bonds. The second kappa shape index (κ2) is 6.69. The van der Waals surface area contributed by atoms with Gasteiger partial charge in [-0.15, -0.1) is 11.3 Å². The summed E-state index contributed by atoms with van der Waals surface area (Å²) < 4.78 is 5.22. The highest BCUT2D eigenvalue weighted by atomic mass is 35.5. The van der Waals surface area contributed by atoms with Crippen LogP contribution in [0.1, 0.15) is 21.1 Å². The molecular formula is C13H14ClN3O2S. The first kappa shape index (κ1) is 14.8. The Hall–Kier alpha value is -1.63. The summed E-state index contributed by atoms with van der Waals surface area (Å²) in [6.07, 6.45) is 0. The molecule has 0 aliphatic rings. The highest BCUT2D eigenvalue weighted by molar-refractivity contribution is 7.09. The van der Waals surface area contributed by atoms with Gasteiger partial charge < -0.3 is 15.8 Å². The number of hydrogen-bond donors (Lipinski definition) is 2. The van der Waals surface area contributed by atoms with Crippen molar-refractivity contribution in [3.8, 4) is 5.75 Å². The summed E-state index contributed by atoms with van der Waals surface area (Å²) in [6, 6.07) is 5.34. The summed E-state index contributed by atoms with van der Waals surface area (Å²) in [6.45, 7) is 0.605. The Morgan fingerprint density at radius 1 is 1.55 bits per heavy atom. The van der Waals surface area contributed by atoms with Crippen LogP contribution in [0.15, 0.2) is 23.6 Å². The van der Waals surface area contributed by atoms with E-state index < -0.39 is 0 Å². The maximum Gasteiger partial charge on any atom is 0.271 e. The Bertz CT molecular complexity index is 615. The molecule has 106 valence electrons. The molecule has 7 heteroatoms. The normalized spacial score (nSPS) is 10.3. The molecule has 0 bridgehead atoms. The van der Waals surface area contributed by atoms with Crippen LogP contribution < -0.4 is 15.8 Å². The molecular weight excluding hydrogens is 298 g/mol. The van der Waals surface area contributed by atoms with Crippen molar-refractivity contribution in [3.63, 3.8) is 0 Å². The summed E-state index contributed by atoms with van der Waals surface area (Å²) in [5.74, 6) is 0.377. The average Bonchev–Trinajstić information content (AvgIpc) is 2.94. The largest absolute Gasteiger partial charge is 0.496 e. The molecule has 20 heavy (non-hydrogen) atoms. The zero-order chi connectivity index (χ0) is 14.5. The maximum atomic E-state index is 12.0. The lowest BCUT2D eigenvalue weighted by Gasteiger charge is -2.10. The molecule has 0 unspecified atom stereocenters. The van der Waals surface area contributed by atoms with Gasteiger partial charge in [0.15, 0.2) is 0 Å². The predicted molar refractivity (Wildman–Crippen MR) is 79.2 cm³/mol. The monoisotopic (exact) mass is 311 g/mol. The molecule has 5 nitrogen and oxygen atoms in total. The van der Waals surface area contributed by atoms with Gasteiger partial charge in [0.1, 0.15) is 16.5 Å². The number of amides is 1. The fraction of sp³-hybridized carbons (Fsp3) is 0.231. The van der Waals surface area contributed by atoms with Crippen LogP contribution in [0, 0.1) is 0 Å². The molecule has 3 N–H and O–H groups in total. The lowest BCUT2D eigenvalue weighted by molar-refractivity contribution is 0.0946. The van der Waals surface area contributed by atoms with Gasteiger partial charge in [-0.3, -0.25) is 4.79 Å². The van der Waals surface area contributed by atoms with Crippen LogP contribution in [0.4, 0.5) is 0 Å². The topological polar surface area (TPSA) is 77.2 Å². The first-order valence-electron chi connectivity index (χ1n) is 5.89. The number of halogens is 1. The third-order valence-electron chi connectivity index (χ3n) is 2.68. The Kier molecular flexibility index (Phi) is 4.94. The molecule has 0 spiro atoms. The van der Waals surface area contributed by atoms with Crippen LogP contribution >= 0.6 is 22.9 Å². The summed E-state index contributed by atoms with van der Waals surface area (Å²) in [5, 5.41) is 5.72. The van der Waals surface area contributed by atoms with E-state index in [1.165, 1.54) is 11.3 Å². The highest BCUT2D eigenvalue weighted by Crippen LogP contribution is 2.25. The smallest absolute Gasteiger partial charge is 0.271 e. The number of benzene rings is 1. The van der Waals surface area contributed by atoms with Crippen LogP contribution in [0.2, 0.25) is 5.02 Å². The first-order valence-corrected chi connectivity index (χ1v) is 7.15. The summed E-state index contributed by atoms with van der Waals surface area (Å²) in [7, 11) is 1.56. The van der Waals surface area contributed by atoms with Crippen molar-refractivity contribution in [2.75, 3.05) is 7.11 Å². The Labute approximate surface area is 125 Å². The minimum atomic E-state index is -0.261. The van der Waals surface area contributed by atoms with Crippen LogP contribution in [-0.2, 0) is 13.1 Å². The zero-order valence-corrected chi connectivity index (χ0v) is 12.4. The molecule has 0 saturated heterocycles. The van der Waals surface area contributed by atoms with E-state index in [9.17, 15) is 4.79 Å². The number of thiazole rings is 1. The van der Waals surface area contributed by atoms with E-state index in [4.69, 9.17) is 22.1 Å². The van der Waals surface area contributed by atoms with Crippen LogP contribution in [0.5, 0.6) is 5.75 Å². The second-order valence-electron chi connectivity index (χ2n) is 3.93. The third kappa shape index (κ3) is 3.27. The maximum absolute atomic E-state index is 12.0. The van der Waals surface area contributed by atoms with Gasteiger partial charge in [-0.1, -0.05) is 17.7 Å². The molecule has 1 aromatic carbocycles. The van der Waals surface area contributed by atoms with Crippen LogP contribution in [0.3, 0.4) is 0 Å². The lowest BCUT2D eigenvalue weighted by atomic mass is 10.2. The SMILES string of the molecule is COc1cccc(Cl)c1CNC(=O)c1csc(CN)n1. The standard InChI is InChI=1S/C13H14ClN3O2S/c1-19-11-4-2-3-9(14)8(11)6-16-13(18)10-7-20-12(5-15)17-10/h2-4,7H,5-6,15H2,1H3,(H,16,18). The van der Waals surface area contributed by atoms with Crippen molar-refractivity contribution in [2.45, 2.75) is 13.1 Å². The number of hydrogen-bond acceptors (Lipinski definition) is 5. The number of nitrogens with one attached hydrogen (secondary N) is 1. The predicted octanol–water partition coefficient (Wildman–Crippen LogP) is 2.19. The van der Waals surface area contributed by atoms with Crippen molar-refractivity contribution >= 4 is 28.8 Å². The minimum Gasteiger partial charge on any atom is -0.496 e. The van der Waals surface area contributed by atoms with E-state index in [1.54, 1.807) is 30.7 Å². The molecule has 0 aliphatic heterocycles. The first-order chi connectivity index (χ1) is 9.65. The quantitative estimate of drug-likeness (QED) is 0.887. The molecule has 2 aromatic rings. The van der Waals surface area contributed by atoms with Gasteiger partial charge in [0.05, 0.1) is 7.11 Å². The van der Waals surface area contributed by atoms with Crippen molar-refractivity contribution < 1.29 is 9.53 Å². The fourth-order valence-electron chi connectivity index (χ4n) is 1.67. The van der Waals surface area contributed by atoms with Crippen molar-refractivity contribution in [3.05, 3.63) is 44.9 Å². The number of rotatable bonds is 5. The van der Waals surface area contributed by atoms with Gasteiger partial charge >= 0.3 is 0 Å². The summed E-state index contributed by atoms with van der Waals surface area (Å²) in [5.41, 5.74) is 6.57. The molecule has 0 fully saturated rings. The van der Waals surface area contributed by atoms with E-state index in [2.05, 4.69) is 10.3 Å². The van der Waals surface area contributed by atoms with E-state index in [1.807, 2.05) is 0 Å². The molecule has 0 saturated carbocycles. The minimum absolute atomic E-state index is 0.261. The number of methoxy groups -OCH3 is 1. The molecule has 0 atom stereocenters. The van der Waals surface area contributed by atoms with Gasteiger partial charge in [-0.25, -0.2) is 4.98 Å². The Morgan fingerprint density at radius 3 is 3.00 bits per heavy atom. The molecule has 1 heterocycles. The van der Waals surface area contributed by atoms with Crippen LogP contribution in [-0.4, -0.2) is 18.0 Å². The molecule has 0 radical (unpaired) electrons. The number of ether oxygens (including phenoxy) is 1. The second-order valence-corrected chi connectivity index (χ2v) is 5.28. The van der Waals surface area contributed by atoms with E-state index in [-0.39, 0.29) is 12.5 Å². The Balaban J connectivity index is 2.07. The third-order valence-corrected chi connectivity index (χ3v) is 3.91. The number of aromatic nitrogens is 1. The molecule has 2 rings (SSSR count). The van der Waals surface area contributed by atoms with E-state index in [0.29, 0.717) is 23.0 Å². The van der Waals surface area contributed by atoms with Gasteiger partial charge in [-0.2, -0.15) is 0 Å². The van der Waals surface area contributed by atoms with Crippen molar-refractivity contribution in [2.24, 2.45) is 5.73 Å². The van der Waals surface area contributed by atoms with Gasteiger partial charge in [0.25, 0.3) is 5.91 Å².